The maximum Gasteiger partial charge on any atom is 0.320 e. The van der Waals surface area contributed by atoms with Crippen molar-refractivity contribution in [2.75, 3.05) is 0 Å². The van der Waals surface area contributed by atoms with Gasteiger partial charge < -0.3 is 10.4 Å². The van der Waals surface area contributed by atoms with E-state index in [1.807, 2.05) is 13.8 Å². The minimum absolute atomic E-state index is 0.239. The first-order valence-electron chi connectivity index (χ1n) is 5.99. The molecule has 3 nitrogen and oxygen atoms in total. The van der Waals surface area contributed by atoms with Gasteiger partial charge >= 0.3 is 5.97 Å². The lowest BCUT2D eigenvalue weighted by atomic mass is 9.78. The summed E-state index contributed by atoms with van der Waals surface area (Å²) in [5.41, 5.74) is 0. The summed E-state index contributed by atoms with van der Waals surface area (Å²) < 4.78 is 0. The smallest absolute Gasteiger partial charge is 0.320 e. The first-order valence-corrected chi connectivity index (χ1v) is 5.99. The van der Waals surface area contributed by atoms with Crippen LogP contribution in [0.25, 0.3) is 0 Å². The van der Waals surface area contributed by atoms with E-state index in [1.165, 1.54) is 12.8 Å². The van der Waals surface area contributed by atoms with Crippen LogP contribution in [0.3, 0.4) is 0 Å². The fraction of sp³-hybridized carbons (Fsp3) is 0.917. The second-order valence-corrected chi connectivity index (χ2v) is 5.17. The highest BCUT2D eigenvalue weighted by Crippen LogP contribution is 2.31. The molecule has 0 amide bonds. The van der Waals surface area contributed by atoms with Crippen molar-refractivity contribution in [3.8, 4) is 0 Å². The zero-order valence-corrected chi connectivity index (χ0v) is 9.99. The van der Waals surface area contributed by atoms with E-state index in [1.54, 1.807) is 0 Å². The van der Waals surface area contributed by atoms with Gasteiger partial charge in [-0.1, -0.05) is 33.6 Å². The largest absolute Gasteiger partial charge is 0.480 e. The van der Waals surface area contributed by atoms with Crippen molar-refractivity contribution in [3.63, 3.8) is 0 Å². The third kappa shape index (κ3) is 3.82. The molecule has 1 aliphatic carbocycles. The Morgan fingerprint density at radius 2 is 2.07 bits per heavy atom. The second-order valence-electron chi connectivity index (χ2n) is 5.17. The molecule has 1 aliphatic rings. The molecule has 0 bridgehead atoms. The maximum atomic E-state index is 11.2. The molecule has 0 heterocycles. The van der Waals surface area contributed by atoms with Gasteiger partial charge in [0.15, 0.2) is 0 Å². The van der Waals surface area contributed by atoms with Crippen LogP contribution in [0, 0.1) is 11.8 Å². The number of aliphatic carboxylic acids is 1. The summed E-state index contributed by atoms with van der Waals surface area (Å²) in [6.45, 7) is 6.23. The lowest BCUT2D eigenvalue weighted by Gasteiger charge is -2.32. The van der Waals surface area contributed by atoms with Crippen LogP contribution in [0.2, 0.25) is 0 Å². The molecule has 0 spiro atoms. The van der Waals surface area contributed by atoms with Crippen LogP contribution in [-0.2, 0) is 4.79 Å². The Morgan fingerprint density at radius 1 is 1.40 bits per heavy atom. The molecule has 15 heavy (non-hydrogen) atoms. The number of hydrogen-bond donors (Lipinski definition) is 2. The summed E-state index contributed by atoms with van der Waals surface area (Å²) in [5, 5.41) is 12.4. The molecule has 0 aromatic heterocycles. The predicted octanol–water partition coefficient (Wildman–Crippen LogP) is 2.26. The van der Waals surface area contributed by atoms with Crippen LogP contribution in [0.1, 0.15) is 46.5 Å². The second kappa shape index (κ2) is 5.50. The minimum Gasteiger partial charge on any atom is -0.480 e. The summed E-state index contributed by atoms with van der Waals surface area (Å²) >= 11 is 0. The fourth-order valence-corrected chi connectivity index (χ4v) is 2.55. The third-order valence-corrected chi connectivity index (χ3v) is 3.23. The van der Waals surface area contributed by atoms with Gasteiger partial charge in [-0.3, -0.25) is 4.79 Å². The molecule has 3 heteroatoms. The van der Waals surface area contributed by atoms with Crippen LogP contribution in [0.4, 0.5) is 0 Å². The Hall–Kier alpha value is -0.570. The van der Waals surface area contributed by atoms with Gasteiger partial charge in [-0.2, -0.15) is 0 Å². The van der Waals surface area contributed by atoms with E-state index in [0.29, 0.717) is 11.8 Å². The van der Waals surface area contributed by atoms with Crippen molar-refractivity contribution in [2.45, 2.75) is 58.5 Å². The van der Waals surface area contributed by atoms with Crippen LogP contribution < -0.4 is 5.32 Å². The van der Waals surface area contributed by atoms with E-state index in [-0.39, 0.29) is 12.1 Å². The monoisotopic (exact) mass is 213 g/mol. The normalized spacial score (nSPS) is 29.1. The van der Waals surface area contributed by atoms with E-state index in [0.717, 1.165) is 12.8 Å². The lowest BCUT2D eigenvalue weighted by Crippen LogP contribution is -2.47. The van der Waals surface area contributed by atoms with Crippen molar-refractivity contribution in [2.24, 2.45) is 11.8 Å². The van der Waals surface area contributed by atoms with Crippen LogP contribution >= 0.6 is 0 Å². The lowest BCUT2D eigenvalue weighted by molar-refractivity contribution is -0.141. The molecule has 2 N–H and O–H groups in total. The van der Waals surface area contributed by atoms with Gasteiger partial charge in [0.1, 0.15) is 6.04 Å². The van der Waals surface area contributed by atoms with Gasteiger partial charge in [0.25, 0.3) is 0 Å². The summed E-state index contributed by atoms with van der Waals surface area (Å²) in [6, 6.07) is -0.115. The number of carboxylic acid groups (broad SMARTS) is 1. The van der Waals surface area contributed by atoms with Gasteiger partial charge in [0, 0.05) is 6.04 Å². The van der Waals surface area contributed by atoms with Crippen LogP contribution in [0.5, 0.6) is 0 Å². The Bertz CT molecular complexity index is 216. The first kappa shape index (κ1) is 12.5. The van der Waals surface area contributed by atoms with Gasteiger partial charge in [0.2, 0.25) is 0 Å². The van der Waals surface area contributed by atoms with E-state index >= 15 is 0 Å². The summed E-state index contributed by atoms with van der Waals surface area (Å²) in [6.07, 6.45) is 4.54. The molecule has 1 saturated carbocycles. The van der Waals surface area contributed by atoms with E-state index in [9.17, 15) is 9.90 Å². The topological polar surface area (TPSA) is 49.3 Å². The Balaban J connectivity index is 2.58. The molecule has 88 valence electrons. The standard InChI is InChI=1S/C12H23NO2/c1-8(2)13-11(12(14)15)10-6-4-5-9(3)7-10/h8-11,13H,4-7H2,1-3H3,(H,14,15). The van der Waals surface area contributed by atoms with E-state index in [2.05, 4.69) is 12.2 Å². The minimum atomic E-state index is -0.692. The van der Waals surface area contributed by atoms with Crippen molar-refractivity contribution < 1.29 is 9.90 Å². The molecule has 0 radical (unpaired) electrons. The average molecular weight is 213 g/mol. The maximum absolute atomic E-state index is 11.2. The quantitative estimate of drug-likeness (QED) is 0.753. The third-order valence-electron chi connectivity index (χ3n) is 3.23. The molecule has 0 aromatic rings. The highest BCUT2D eigenvalue weighted by Gasteiger charge is 2.31. The Morgan fingerprint density at radius 3 is 2.53 bits per heavy atom. The summed E-state index contributed by atoms with van der Waals surface area (Å²) in [7, 11) is 0. The predicted molar refractivity (Wildman–Crippen MR) is 60.8 cm³/mol. The molecule has 0 saturated heterocycles. The molecule has 1 fully saturated rings. The van der Waals surface area contributed by atoms with Gasteiger partial charge in [0.05, 0.1) is 0 Å². The zero-order valence-electron chi connectivity index (χ0n) is 9.99. The van der Waals surface area contributed by atoms with Gasteiger partial charge in [-0.15, -0.1) is 0 Å². The highest BCUT2D eigenvalue weighted by atomic mass is 16.4. The fourth-order valence-electron chi connectivity index (χ4n) is 2.55. The molecule has 3 unspecified atom stereocenters. The molecule has 1 rings (SSSR count). The van der Waals surface area contributed by atoms with E-state index < -0.39 is 5.97 Å². The molecular formula is C12H23NO2. The van der Waals surface area contributed by atoms with Gasteiger partial charge in [-0.25, -0.2) is 0 Å². The van der Waals surface area contributed by atoms with Gasteiger partial charge in [-0.05, 0) is 24.7 Å². The number of rotatable bonds is 4. The van der Waals surface area contributed by atoms with E-state index in [4.69, 9.17) is 0 Å². The number of hydrogen-bond acceptors (Lipinski definition) is 2. The van der Waals surface area contributed by atoms with Crippen LogP contribution in [-0.4, -0.2) is 23.2 Å². The average Bonchev–Trinajstić information content (AvgIpc) is 2.13. The van der Waals surface area contributed by atoms with Crippen molar-refractivity contribution in [1.82, 2.24) is 5.32 Å². The first-order chi connectivity index (χ1) is 7.00. The molecular weight excluding hydrogens is 190 g/mol. The Kier molecular flexibility index (Phi) is 4.58. The highest BCUT2D eigenvalue weighted by molar-refractivity contribution is 5.73. The SMILES string of the molecule is CC1CCCC(C(NC(C)C)C(=O)O)C1. The molecule has 0 aliphatic heterocycles. The summed E-state index contributed by atoms with van der Waals surface area (Å²) in [5.74, 6) is 0.302. The van der Waals surface area contributed by atoms with Crippen LogP contribution in [0.15, 0.2) is 0 Å². The number of nitrogens with one attached hydrogen (secondary N) is 1. The Labute approximate surface area is 92.3 Å². The van der Waals surface area contributed by atoms with Crippen molar-refractivity contribution >= 4 is 5.97 Å². The summed E-state index contributed by atoms with van der Waals surface area (Å²) in [4.78, 5) is 11.2. The zero-order chi connectivity index (χ0) is 11.4. The molecule has 0 aromatic carbocycles. The van der Waals surface area contributed by atoms with Crippen molar-refractivity contribution in [1.29, 1.82) is 0 Å². The number of carboxylic acids is 1. The number of carbonyl (C=O) groups is 1. The van der Waals surface area contributed by atoms with Crippen molar-refractivity contribution in [3.05, 3.63) is 0 Å². The molecule has 3 atom stereocenters.